The number of thioether (sulfide) groups is 1. The zero-order valence-electron chi connectivity index (χ0n) is 14.8. The van der Waals surface area contributed by atoms with Crippen LogP contribution >= 0.6 is 23.1 Å². The maximum Gasteiger partial charge on any atom is 0.265 e. The van der Waals surface area contributed by atoms with Crippen LogP contribution in [-0.2, 0) is 0 Å². The molecule has 0 spiro atoms. The number of hydrogen-bond donors (Lipinski definition) is 1. The molecule has 1 saturated heterocycles. The Bertz CT molecular complexity index is 816. The number of amides is 2. The molecule has 1 atom stereocenters. The van der Waals surface area contributed by atoms with Crippen molar-refractivity contribution >= 4 is 40.0 Å². The summed E-state index contributed by atoms with van der Waals surface area (Å²) in [6, 6.07) is 3.37. The third kappa shape index (κ3) is 4.16. The first-order chi connectivity index (χ1) is 12.5. The summed E-state index contributed by atoms with van der Waals surface area (Å²) in [5.41, 5.74) is 0.951. The molecular weight excluding hydrogens is 372 g/mol. The van der Waals surface area contributed by atoms with Gasteiger partial charge in [0.15, 0.2) is 5.13 Å². The molecule has 1 aliphatic heterocycles. The van der Waals surface area contributed by atoms with Gasteiger partial charge in [-0.25, -0.2) is 9.97 Å². The fourth-order valence-corrected chi connectivity index (χ4v) is 4.51. The topological polar surface area (TPSA) is 84.4 Å². The van der Waals surface area contributed by atoms with Crippen LogP contribution < -0.4 is 10.1 Å². The van der Waals surface area contributed by atoms with E-state index >= 15 is 0 Å². The Morgan fingerprint density at radius 2 is 2.19 bits per heavy atom. The molecule has 1 N–H and O–H groups in total. The SMILES string of the molecule is Cc1nc(NC(=O)c2cccnc2OC2CCSC2)sc1C(=O)N(C)C. The minimum atomic E-state index is -0.351. The predicted octanol–water partition coefficient (Wildman–Crippen LogP) is 2.68. The van der Waals surface area contributed by atoms with Crippen molar-refractivity contribution in [1.82, 2.24) is 14.9 Å². The van der Waals surface area contributed by atoms with Gasteiger partial charge < -0.3 is 9.64 Å². The molecule has 2 amide bonds. The van der Waals surface area contributed by atoms with Crippen molar-refractivity contribution in [3.05, 3.63) is 34.5 Å². The number of aryl methyl sites for hydroxylation is 1. The van der Waals surface area contributed by atoms with Crippen molar-refractivity contribution in [2.75, 3.05) is 30.9 Å². The zero-order valence-corrected chi connectivity index (χ0v) is 16.4. The van der Waals surface area contributed by atoms with Crippen molar-refractivity contribution in [2.45, 2.75) is 19.4 Å². The van der Waals surface area contributed by atoms with Crippen LogP contribution in [0.1, 0.15) is 32.1 Å². The van der Waals surface area contributed by atoms with Gasteiger partial charge in [0, 0.05) is 26.0 Å². The van der Waals surface area contributed by atoms with Gasteiger partial charge in [-0.2, -0.15) is 11.8 Å². The number of nitrogens with one attached hydrogen (secondary N) is 1. The quantitative estimate of drug-likeness (QED) is 0.842. The molecule has 3 rings (SSSR count). The molecule has 0 bridgehead atoms. The molecule has 3 heterocycles. The average Bonchev–Trinajstić information content (AvgIpc) is 3.24. The van der Waals surface area contributed by atoms with Crippen LogP contribution in [0.4, 0.5) is 5.13 Å². The Labute approximate surface area is 160 Å². The third-order valence-corrected chi connectivity index (χ3v) is 5.99. The van der Waals surface area contributed by atoms with E-state index in [0.717, 1.165) is 29.3 Å². The second kappa shape index (κ2) is 8.05. The molecule has 1 fully saturated rings. The summed E-state index contributed by atoms with van der Waals surface area (Å²) < 4.78 is 5.89. The lowest BCUT2D eigenvalue weighted by Crippen LogP contribution is -2.21. The first-order valence-electron chi connectivity index (χ1n) is 8.15. The van der Waals surface area contributed by atoms with Gasteiger partial charge in [0.1, 0.15) is 16.5 Å². The molecule has 0 aromatic carbocycles. The molecule has 2 aromatic rings. The fraction of sp³-hybridized carbons (Fsp3) is 0.412. The highest BCUT2D eigenvalue weighted by molar-refractivity contribution is 7.99. The van der Waals surface area contributed by atoms with Gasteiger partial charge in [-0.15, -0.1) is 0 Å². The van der Waals surface area contributed by atoms with Crippen LogP contribution in [0.25, 0.3) is 0 Å². The molecule has 1 aliphatic rings. The molecule has 7 nitrogen and oxygen atoms in total. The highest BCUT2D eigenvalue weighted by Gasteiger charge is 2.23. The number of rotatable bonds is 5. The maximum atomic E-state index is 12.7. The van der Waals surface area contributed by atoms with Crippen molar-refractivity contribution in [1.29, 1.82) is 0 Å². The standard InChI is InChI=1S/C17H20N4O3S2/c1-10-13(16(23)21(2)3)26-17(19-10)20-14(22)12-5-4-7-18-15(12)24-11-6-8-25-9-11/h4-5,7,11H,6,8-9H2,1-3H3,(H,19,20,22). The lowest BCUT2D eigenvalue weighted by molar-refractivity contribution is 0.0831. The van der Waals surface area contributed by atoms with Gasteiger partial charge in [0.05, 0.1) is 5.69 Å². The molecule has 138 valence electrons. The van der Waals surface area contributed by atoms with E-state index in [1.807, 2.05) is 11.8 Å². The monoisotopic (exact) mass is 392 g/mol. The van der Waals surface area contributed by atoms with Gasteiger partial charge in [0.25, 0.3) is 11.8 Å². The number of hydrogen-bond acceptors (Lipinski definition) is 7. The summed E-state index contributed by atoms with van der Waals surface area (Å²) >= 11 is 2.99. The van der Waals surface area contributed by atoms with Crippen LogP contribution in [0.15, 0.2) is 18.3 Å². The van der Waals surface area contributed by atoms with Crippen molar-refractivity contribution in [3.8, 4) is 5.88 Å². The van der Waals surface area contributed by atoms with Crippen LogP contribution in [-0.4, -0.2) is 58.4 Å². The van der Waals surface area contributed by atoms with E-state index in [1.54, 1.807) is 39.3 Å². The first kappa shape index (κ1) is 18.7. The van der Waals surface area contributed by atoms with Crippen molar-refractivity contribution in [2.24, 2.45) is 0 Å². The lowest BCUT2D eigenvalue weighted by atomic mass is 10.2. The van der Waals surface area contributed by atoms with Crippen LogP contribution in [0.5, 0.6) is 5.88 Å². The fourth-order valence-electron chi connectivity index (χ4n) is 2.44. The van der Waals surface area contributed by atoms with E-state index in [4.69, 9.17) is 4.74 Å². The van der Waals surface area contributed by atoms with E-state index in [1.165, 1.54) is 4.90 Å². The van der Waals surface area contributed by atoms with E-state index in [9.17, 15) is 9.59 Å². The smallest absolute Gasteiger partial charge is 0.265 e. The van der Waals surface area contributed by atoms with E-state index in [2.05, 4.69) is 15.3 Å². The van der Waals surface area contributed by atoms with Crippen LogP contribution in [0, 0.1) is 6.92 Å². The van der Waals surface area contributed by atoms with Gasteiger partial charge in [-0.3, -0.25) is 14.9 Å². The Hall–Kier alpha value is -2.13. The minimum Gasteiger partial charge on any atom is -0.473 e. The highest BCUT2D eigenvalue weighted by atomic mass is 32.2. The Balaban J connectivity index is 1.76. The second-order valence-corrected chi connectivity index (χ2v) is 8.20. The summed E-state index contributed by atoms with van der Waals surface area (Å²) in [5, 5.41) is 3.13. The molecule has 2 aromatic heterocycles. The van der Waals surface area contributed by atoms with Gasteiger partial charge in [-0.05, 0) is 31.2 Å². The number of aromatic nitrogens is 2. The summed E-state index contributed by atoms with van der Waals surface area (Å²) in [6.07, 6.45) is 2.63. The van der Waals surface area contributed by atoms with Crippen molar-refractivity contribution < 1.29 is 14.3 Å². The molecule has 1 unspecified atom stereocenters. The Morgan fingerprint density at radius 1 is 1.38 bits per heavy atom. The van der Waals surface area contributed by atoms with E-state index in [0.29, 0.717) is 27.1 Å². The summed E-state index contributed by atoms with van der Waals surface area (Å²) in [6.45, 7) is 1.75. The molecule has 9 heteroatoms. The van der Waals surface area contributed by atoms with Crippen LogP contribution in [0.2, 0.25) is 0 Å². The summed E-state index contributed by atoms with van der Waals surface area (Å²) in [7, 11) is 3.36. The molecule has 0 saturated carbocycles. The predicted molar refractivity (Wildman–Crippen MR) is 103 cm³/mol. The number of ether oxygens (including phenoxy) is 1. The number of anilines is 1. The minimum absolute atomic E-state index is 0.0767. The number of carbonyl (C=O) groups excluding carboxylic acids is 2. The third-order valence-electron chi connectivity index (χ3n) is 3.80. The molecule has 0 radical (unpaired) electrons. The zero-order chi connectivity index (χ0) is 18.7. The lowest BCUT2D eigenvalue weighted by Gasteiger charge is -2.14. The summed E-state index contributed by atoms with van der Waals surface area (Å²) in [5.74, 6) is 1.80. The first-order valence-corrected chi connectivity index (χ1v) is 10.1. The molecule has 0 aliphatic carbocycles. The highest BCUT2D eigenvalue weighted by Crippen LogP contribution is 2.27. The van der Waals surface area contributed by atoms with E-state index in [-0.39, 0.29) is 17.9 Å². The molecule has 26 heavy (non-hydrogen) atoms. The number of thiazole rings is 1. The number of pyridine rings is 1. The van der Waals surface area contributed by atoms with E-state index < -0.39 is 0 Å². The van der Waals surface area contributed by atoms with Gasteiger partial charge >= 0.3 is 0 Å². The normalized spacial score (nSPS) is 16.3. The summed E-state index contributed by atoms with van der Waals surface area (Å²) in [4.78, 5) is 35.3. The number of nitrogens with zero attached hydrogens (tertiary/aromatic N) is 3. The Kier molecular flexibility index (Phi) is 5.77. The largest absolute Gasteiger partial charge is 0.473 e. The average molecular weight is 393 g/mol. The Morgan fingerprint density at radius 3 is 2.88 bits per heavy atom. The number of carbonyl (C=O) groups is 2. The van der Waals surface area contributed by atoms with Gasteiger partial charge in [-0.1, -0.05) is 11.3 Å². The van der Waals surface area contributed by atoms with Crippen LogP contribution in [0.3, 0.4) is 0 Å². The van der Waals surface area contributed by atoms with Gasteiger partial charge in [0.2, 0.25) is 5.88 Å². The maximum absolute atomic E-state index is 12.7. The van der Waals surface area contributed by atoms with Crippen molar-refractivity contribution in [3.63, 3.8) is 0 Å². The molecular formula is C17H20N4O3S2. The second-order valence-electron chi connectivity index (χ2n) is 6.05.